The van der Waals surface area contributed by atoms with Gasteiger partial charge in [0.1, 0.15) is 16.3 Å². The van der Waals surface area contributed by atoms with Gasteiger partial charge >= 0.3 is 0 Å². The molecule has 0 unspecified atom stereocenters. The molecule has 3 rings (SSSR count). The van der Waals surface area contributed by atoms with Gasteiger partial charge in [-0.15, -0.1) is 11.3 Å². The summed E-state index contributed by atoms with van der Waals surface area (Å²) >= 11 is 1.73. The van der Waals surface area contributed by atoms with E-state index in [1.165, 1.54) is 4.88 Å². The maximum atomic E-state index is 4.66. The molecule has 104 valence electrons. The molecule has 0 aliphatic carbocycles. The van der Waals surface area contributed by atoms with Crippen molar-refractivity contribution < 1.29 is 0 Å². The number of rotatable bonds is 4. The number of anilines is 1. The van der Waals surface area contributed by atoms with E-state index in [1.807, 2.05) is 19.3 Å². The first-order valence-corrected chi connectivity index (χ1v) is 7.57. The fourth-order valence-electron chi connectivity index (χ4n) is 2.10. The maximum absolute atomic E-state index is 4.66. The second-order valence-electron chi connectivity index (χ2n) is 4.59. The molecule has 20 heavy (non-hydrogen) atoms. The Bertz CT molecular complexity index is 743. The van der Waals surface area contributed by atoms with Gasteiger partial charge in [0, 0.05) is 24.7 Å². The average Bonchev–Trinajstić information content (AvgIpc) is 3.04. The zero-order valence-electron chi connectivity index (χ0n) is 11.8. The number of fused-ring (bicyclic) bond motifs is 1. The first-order chi connectivity index (χ1) is 9.71. The van der Waals surface area contributed by atoms with Crippen LogP contribution in [-0.4, -0.2) is 26.3 Å². The summed E-state index contributed by atoms with van der Waals surface area (Å²) in [5.41, 5.74) is 0.806. The van der Waals surface area contributed by atoms with Crippen molar-refractivity contribution in [3.63, 3.8) is 0 Å². The summed E-state index contributed by atoms with van der Waals surface area (Å²) in [5, 5.41) is 8.82. The first kappa shape index (κ1) is 13.1. The van der Waals surface area contributed by atoms with Crippen LogP contribution < -0.4 is 5.32 Å². The van der Waals surface area contributed by atoms with Gasteiger partial charge < -0.3 is 5.32 Å². The highest BCUT2D eigenvalue weighted by Crippen LogP contribution is 2.31. The lowest BCUT2D eigenvalue weighted by molar-refractivity contribution is 0.769. The van der Waals surface area contributed by atoms with Crippen LogP contribution in [0.2, 0.25) is 0 Å². The zero-order valence-corrected chi connectivity index (χ0v) is 12.7. The highest BCUT2D eigenvalue weighted by molar-refractivity contribution is 7.18. The van der Waals surface area contributed by atoms with Crippen LogP contribution in [0.3, 0.4) is 0 Å². The molecule has 0 radical (unpaired) electrons. The fraction of sp³-hybridized carbons (Fsp3) is 0.357. The van der Waals surface area contributed by atoms with Crippen molar-refractivity contribution in [2.45, 2.75) is 20.3 Å². The number of aromatic nitrogens is 4. The molecule has 3 heterocycles. The summed E-state index contributed by atoms with van der Waals surface area (Å²) in [5.74, 6) is 1.58. The normalized spacial score (nSPS) is 11.2. The number of hydrogen-bond donors (Lipinski definition) is 1. The van der Waals surface area contributed by atoms with Gasteiger partial charge in [0.2, 0.25) is 0 Å². The predicted molar refractivity (Wildman–Crippen MR) is 83.2 cm³/mol. The van der Waals surface area contributed by atoms with E-state index in [1.54, 1.807) is 16.0 Å². The van der Waals surface area contributed by atoms with E-state index in [4.69, 9.17) is 0 Å². The second-order valence-corrected chi connectivity index (χ2v) is 5.70. The van der Waals surface area contributed by atoms with Crippen molar-refractivity contribution in [1.82, 2.24) is 19.7 Å². The average molecular weight is 287 g/mol. The van der Waals surface area contributed by atoms with Crippen LogP contribution in [-0.2, 0) is 13.5 Å². The highest BCUT2D eigenvalue weighted by Gasteiger charge is 2.13. The Labute approximate surface area is 121 Å². The van der Waals surface area contributed by atoms with E-state index in [0.717, 1.165) is 34.7 Å². The predicted octanol–water partition coefficient (Wildman–Crippen LogP) is 3.09. The van der Waals surface area contributed by atoms with E-state index >= 15 is 0 Å². The van der Waals surface area contributed by atoms with Crippen molar-refractivity contribution in [3.8, 4) is 11.5 Å². The van der Waals surface area contributed by atoms with Gasteiger partial charge in [-0.1, -0.05) is 6.92 Å². The third-order valence-electron chi connectivity index (χ3n) is 3.08. The lowest BCUT2D eigenvalue weighted by Gasteiger charge is -2.05. The SMILES string of the molecule is CCNc1nc(-c2ccn(C)n2)nc2sc(CC)cc12. The quantitative estimate of drug-likeness (QED) is 0.801. The smallest absolute Gasteiger partial charge is 0.183 e. The van der Waals surface area contributed by atoms with Crippen LogP contribution in [0.15, 0.2) is 18.3 Å². The van der Waals surface area contributed by atoms with Gasteiger partial charge in [0.05, 0.1) is 5.39 Å². The molecule has 0 aliphatic heterocycles. The van der Waals surface area contributed by atoms with Gasteiger partial charge in [-0.3, -0.25) is 4.68 Å². The Morgan fingerprint density at radius 2 is 2.15 bits per heavy atom. The minimum Gasteiger partial charge on any atom is -0.370 e. The number of nitrogens with zero attached hydrogens (tertiary/aromatic N) is 4. The summed E-state index contributed by atoms with van der Waals surface area (Å²) in [6, 6.07) is 4.12. The van der Waals surface area contributed by atoms with Crippen molar-refractivity contribution in [3.05, 3.63) is 23.2 Å². The second kappa shape index (κ2) is 5.20. The fourth-order valence-corrected chi connectivity index (χ4v) is 3.06. The third kappa shape index (κ3) is 2.27. The van der Waals surface area contributed by atoms with Crippen molar-refractivity contribution in [2.24, 2.45) is 7.05 Å². The van der Waals surface area contributed by atoms with E-state index < -0.39 is 0 Å². The molecule has 0 amide bonds. The Hall–Kier alpha value is -1.95. The molecule has 6 heteroatoms. The monoisotopic (exact) mass is 287 g/mol. The summed E-state index contributed by atoms with van der Waals surface area (Å²) < 4.78 is 1.77. The van der Waals surface area contributed by atoms with E-state index in [0.29, 0.717) is 5.82 Å². The Morgan fingerprint density at radius 3 is 2.80 bits per heavy atom. The van der Waals surface area contributed by atoms with Crippen molar-refractivity contribution in [2.75, 3.05) is 11.9 Å². The number of nitrogens with one attached hydrogen (secondary N) is 1. The number of aryl methyl sites for hydroxylation is 2. The van der Waals surface area contributed by atoms with Crippen LogP contribution in [0.4, 0.5) is 5.82 Å². The molecule has 0 fully saturated rings. The van der Waals surface area contributed by atoms with Crippen molar-refractivity contribution >= 4 is 27.4 Å². The minimum absolute atomic E-state index is 0.679. The van der Waals surface area contributed by atoms with Crippen LogP contribution in [0, 0.1) is 0 Å². The molecule has 0 bridgehead atoms. The molecule has 0 aliphatic rings. The zero-order chi connectivity index (χ0) is 14.1. The molecule has 0 spiro atoms. The standard InChI is InChI=1S/C14H17N5S/c1-4-9-8-10-12(15-5-2)16-13(17-14(10)20-9)11-6-7-19(3)18-11/h6-8H,4-5H2,1-3H3,(H,15,16,17). The summed E-state index contributed by atoms with van der Waals surface area (Å²) in [7, 11) is 1.90. The summed E-state index contributed by atoms with van der Waals surface area (Å²) in [4.78, 5) is 11.6. The van der Waals surface area contributed by atoms with Gasteiger partial charge in [0.15, 0.2) is 5.82 Å². The van der Waals surface area contributed by atoms with Gasteiger partial charge in [-0.25, -0.2) is 9.97 Å². The summed E-state index contributed by atoms with van der Waals surface area (Å²) in [6.07, 6.45) is 2.92. The Balaban J connectivity index is 2.18. The lowest BCUT2D eigenvalue weighted by Crippen LogP contribution is -2.02. The molecule has 0 aromatic carbocycles. The van der Waals surface area contributed by atoms with Gasteiger partial charge in [-0.2, -0.15) is 5.10 Å². The first-order valence-electron chi connectivity index (χ1n) is 6.75. The van der Waals surface area contributed by atoms with Crippen LogP contribution in [0.25, 0.3) is 21.7 Å². The van der Waals surface area contributed by atoms with E-state index in [-0.39, 0.29) is 0 Å². The molecule has 3 aromatic rings. The molecular formula is C14H17N5S. The van der Waals surface area contributed by atoms with Gasteiger partial charge in [-0.05, 0) is 25.5 Å². The van der Waals surface area contributed by atoms with Crippen LogP contribution >= 0.6 is 11.3 Å². The molecule has 3 aromatic heterocycles. The molecular weight excluding hydrogens is 270 g/mol. The Morgan fingerprint density at radius 1 is 1.30 bits per heavy atom. The summed E-state index contributed by atoms with van der Waals surface area (Å²) in [6.45, 7) is 5.07. The number of thiophene rings is 1. The van der Waals surface area contributed by atoms with Gasteiger partial charge in [0.25, 0.3) is 0 Å². The molecule has 0 saturated heterocycles. The highest BCUT2D eigenvalue weighted by atomic mass is 32.1. The lowest BCUT2D eigenvalue weighted by atomic mass is 10.3. The minimum atomic E-state index is 0.679. The molecule has 0 saturated carbocycles. The molecule has 0 atom stereocenters. The maximum Gasteiger partial charge on any atom is 0.183 e. The van der Waals surface area contributed by atoms with E-state index in [9.17, 15) is 0 Å². The van der Waals surface area contributed by atoms with Crippen LogP contribution in [0.5, 0.6) is 0 Å². The Kier molecular flexibility index (Phi) is 3.40. The third-order valence-corrected chi connectivity index (χ3v) is 4.25. The number of hydrogen-bond acceptors (Lipinski definition) is 5. The molecule has 5 nitrogen and oxygen atoms in total. The topological polar surface area (TPSA) is 55.6 Å². The van der Waals surface area contributed by atoms with Crippen molar-refractivity contribution in [1.29, 1.82) is 0 Å². The van der Waals surface area contributed by atoms with E-state index in [2.05, 4.69) is 40.3 Å². The molecule has 1 N–H and O–H groups in total. The largest absolute Gasteiger partial charge is 0.370 e. The van der Waals surface area contributed by atoms with Crippen LogP contribution in [0.1, 0.15) is 18.7 Å².